The molecule has 158 valence electrons. The second kappa shape index (κ2) is 9.52. The standard InChI is InChI=1S/C22H23Cl2N3O2S/c1-14-6-8-27(9-7-14)12-15-2-4-18-20(10-15)30-22(25-18)26-21(28)13-29-19-5-3-16(23)11-17(19)24/h2-5,10-11,14H,6-9,12-13H2,1H3,(H,25,26,28). The smallest absolute Gasteiger partial charge is 0.264 e. The van der Waals surface area contributed by atoms with Crippen LogP contribution in [-0.2, 0) is 11.3 Å². The first-order valence-corrected chi connectivity index (χ1v) is 11.5. The second-order valence-electron chi connectivity index (χ2n) is 7.69. The first-order valence-electron chi connectivity index (χ1n) is 9.96. The summed E-state index contributed by atoms with van der Waals surface area (Å²) in [5, 5.41) is 4.24. The largest absolute Gasteiger partial charge is 0.482 e. The van der Waals surface area contributed by atoms with Crippen molar-refractivity contribution in [3.05, 3.63) is 52.0 Å². The van der Waals surface area contributed by atoms with Crippen LogP contribution < -0.4 is 10.1 Å². The summed E-state index contributed by atoms with van der Waals surface area (Å²) in [6, 6.07) is 11.2. The minimum Gasteiger partial charge on any atom is -0.482 e. The fraction of sp³-hybridized carbons (Fsp3) is 0.364. The number of aromatic nitrogens is 1. The third-order valence-electron chi connectivity index (χ3n) is 5.23. The first-order chi connectivity index (χ1) is 14.5. The summed E-state index contributed by atoms with van der Waals surface area (Å²) in [4.78, 5) is 19.3. The maximum absolute atomic E-state index is 12.3. The molecule has 0 spiro atoms. The molecule has 0 aliphatic carbocycles. The molecule has 4 rings (SSSR count). The lowest BCUT2D eigenvalue weighted by Gasteiger charge is -2.30. The normalized spacial score (nSPS) is 15.4. The Morgan fingerprint density at radius 2 is 2.03 bits per heavy atom. The van der Waals surface area contributed by atoms with Crippen LogP contribution in [0.2, 0.25) is 10.0 Å². The Balaban J connectivity index is 1.35. The number of amides is 1. The van der Waals surface area contributed by atoms with Crippen LogP contribution in [0.4, 0.5) is 5.13 Å². The molecule has 0 unspecified atom stereocenters. The van der Waals surface area contributed by atoms with Crippen LogP contribution in [0.15, 0.2) is 36.4 Å². The number of fused-ring (bicyclic) bond motifs is 1. The van der Waals surface area contributed by atoms with Crippen LogP contribution in [0, 0.1) is 5.92 Å². The number of hydrogen-bond acceptors (Lipinski definition) is 5. The zero-order chi connectivity index (χ0) is 21.1. The summed E-state index contributed by atoms with van der Waals surface area (Å²) >= 11 is 13.4. The maximum atomic E-state index is 12.3. The van der Waals surface area contributed by atoms with Crippen LogP contribution in [-0.4, -0.2) is 35.5 Å². The van der Waals surface area contributed by atoms with Crippen LogP contribution >= 0.6 is 34.5 Å². The van der Waals surface area contributed by atoms with Gasteiger partial charge < -0.3 is 4.74 Å². The molecule has 5 nitrogen and oxygen atoms in total. The highest BCUT2D eigenvalue weighted by molar-refractivity contribution is 7.22. The molecule has 8 heteroatoms. The van der Waals surface area contributed by atoms with Gasteiger partial charge in [-0.2, -0.15) is 0 Å². The first kappa shape index (κ1) is 21.4. The molecule has 0 radical (unpaired) electrons. The second-order valence-corrected chi connectivity index (χ2v) is 9.57. The van der Waals surface area contributed by atoms with Gasteiger partial charge in [-0.05, 0) is 67.7 Å². The van der Waals surface area contributed by atoms with Gasteiger partial charge in [-0.25, -0.2) is 4.98 Å². The number of halogens is 2. The zero-order valence-corrected chi connectivity index (χ0v) is 19.0. The predicted molar refractivity (Wildman–Crippen MR) is 124 cm³/mol. The van der Waals surface area contributed by atoms with Crippen LogP contribution in [0.5, 0.6) is 5.75 Å². The van der Waals surface area contributed by atoms with Crippen molar-refractivity contribution in [1.82, 2.24) is 9.88 Å². The number of hydrogen-bond donors (Lipinski definition) is 1. The van der Waals surface area contributed by atoms with E-state index in [1.807, 2.05) is 6.07 Å². The summed E-state index contributed by atoms with van der Waals surface area (Å²) in [7, 11) is 0. The number of piperidine rings is 1. The molecule has 1 aromatic heterocycles. The van der Waals surface area contributed by atoms with Crippen molar-refractivity contribution < 1.29 is 9.53 Å². The van der Waals surface area contributed by atoms with Crippen molar-refractivity contribution in [3.63, 3.8) is 0 Å². The van der Waals surface area contributed by atoms with Crippen molar-refractivity contribution in [1.29, 1.82) is 0 Å². The van der Waals surface area contributed by atoms with Crippen molar-refractivity contribution in [2.75, 3.05) is 25.0 Å². The maximum Gasteiger partial charge on any atom is 0.264 e. The number of carbonyl (C=O) groups is 1. The minimum atomic E-state index is -0.289. The Kier molecular flexibility index (Phi) is 6.78. The zero-order valence-electron chi connectivity index (χ0n) is 16.7. The van der Waals surface area contributed by atoms with E-state index in [0.29, 0.717) is 20.9 Å². The van der Waals surface area contributed by atoms with Gasteiger partial charge in [0.05, 0.1) is 15.2 Å². The quantitative estimate of drug-likeness (QED) is 0.497. The summed E-state index contributed by atoms with van der Waals surface area (Å²) in [5.41, 5.74) is 2.16. The molecule has 30 heavy (non-hydrogen) atoms. The Bertz CT molecular complexity index is 1050. The number of anilines is 1. The average Bonchev–Trinajstić information content (AvgIpc) is 3.10. The molecule has 1 aliphatic rings. The van der Waals surface area contributed by atoms with E-state index in [-0.39, 0.29) is 12.5 Å². The highest BCUT2D eigenvalue weighted by Crippen LogP contribution is 2.29. The molecule has 1 saturated heterocycles. The van der Waals surface area contributed by atoms with Gasteiger partial charge >= 0.3 is 0 Å². The number of benzene rings is 2. The Morgan fingerprint density at radius 3 is 2.80 bits per heavy atom. The lowest BCUT2D eigenvalue weighted by atomic mass is 9.99. The fourth-order valence-electron chi connectivity index (χ4n) is 3.49. The van der Waals surface area contributed by atoms with Gasteiger partial charge in [0, 0.05) is 11.6 Å². The average molecular weight is 464 g/mol. The van der Waals surface area contributed by atoms with Gasteiger partial charge in [0.15, 0.2) is 11.7 Å². The summed E-state index contributed by atoms with van der Waals surface area (Å²) < 4.78 is 6.54. The van der Waals surface area contributed by atoms with E-state index >= 15 is 0 Å². The Labute approximate surface area is 190 Å². The third-order valence-corrected chi connectivity index (χ3v) is 6.70. The van der Waals surface area contributed by atoms with E-state index < -0.39 is 0 Å². The molecule has 1 N–H and O–H groups in total. The fourth-order valence-corrected chi connectivity index (χ4v) is 4.90. The van der Waals surface area contributed by atoms with Crippen molar-refractivity contribution >= 4 is 55.8 Å². The monoisotopic (exact) mass is 463 g/mol. The molecule has 1 aliphatic heterocycles. The highest BCUT2D eigenvalue weighted by Gasteiger charge is 2.16. The minimum absolute atomic E-state index is 0.157. The molecular formula is C22H23Cl2N3O2S. The van der Waals surface area contributed by atoms with E-state index in [1.54, 1.807) is 18.2 Å². The molecule has 2 aromatic carbocycles. The van der Waals surface area contributed by atoms with Crippen molar-refractivity contribution in [2.45, 2.75) is 26.3 Å². The van der Waals surface area contributed by atoms with Gasteiger partial charge in [0.2, 0.25) is 0 Å². The van der Waals surface area contributed by atoms with Crippen LogP contribution in [0.3, 0.4) is 0 Å². The molecule has 0 atom stereocenters. The number of likely N-dealkylation sites (tertiary alicyclic amines) is 1. The SMILES string of the molecule is CC1CCN(Cc2ccc3nc(NC(=O)COc4ccc(Cl)cc4Cl)sc3c2)CC1. The van der Waals surface area contributed by atoms with E-state index in [4.69, 9.17) is 27.9 Å². The summed E-state index contributed by atoms with van der Waals surface area (Å²) in [5.74, 6) is 0.955. The molecule has 3 aromatic rings. The lowest BCUT2D eigenvalue weighted by Crippen LogP contribution is -2.32. The van der Waals surface area contributed by atoms with Crippen LogP contribution in [0.25, 0.3) is 10.2 Å². The van der Waals surface area contributed by atoms with Gasteiger partial charge in [-0.3, -0.25) is 15.0 Å². The molecule has 2 heterocycles. The van der Waals surface area contributed by atoms with Crippen molar-refractivity contribution in [2.24, 2.45) is 5.92 Å². The van der Waals surface area contributed by atoms with Gasteiger partial charge in [-0.15, -0.1) is 0 Å². The predicted octanol–water partition coefficient (Wildman–Crippen LogP) is 5.85. The Morgan fingerprint density at radius 1 is 1.23 bits per heavy atom. The summed E-state index contributed by atoms with van der Waals surface area (Å²) in [6.07, 6.45) is 2.53. The number of carbonyl (C=O) groups excluding carboxylic acids is 1. The van der Waals surface area contributed by atoms with E-state index in [2.05, 4.69) is 34.3 Å². The van der Waals surface area contributed by atoms with Gasteiger partial charge in [-0.1, -0.05) is 47.5 Å². The lowest BCUT2D eigenvalue weighted by molar-refractivity contribution is -0.118. The number of ether oxygens (including phenoxy) is 1. The topological polar surface area (TPSA) is 54.5 Å². The summed E-state index contributed by atoms with van der Waals surface area (Å²) in [6.45, 7) is 5.43. The molecule has 1 fully saturated rings. The van der Waals surface area contributed by atoms with Crippen molar-refractivity contribution in [3.8, 4) is 5.75 Å². The number of nitrogens with one attached hydrogen (secondary N) is 1. The Hall–Kier alpha value is -1.86. The third kappa shape index (κ3) is 5.43. The number of rotatable bonds is 6. The van der Waals surface area contributed by atoms with Crippen LogP contribution in [0.1, 0.15) is 25.3 Å². The van der Waals surface area contributed by atoms with E-state index in [1.165, 1.54) is 29.7 Å². The van der Waals surface area contributed by atoms with E-state index in [0.717, 1.165) is 35.8 Å². The molecule has 0 bridgehead atoms. The van der Waals surface area contributed by atoms with E-state index in [9.17, 15) is 4.79 Å². The molecular weight excluding hydrogens is 441 g/mol. The number of nitrogens with zero attached hydrogens (tertiary/aromatic N) is 2. The molecule has 0 saturated carbocycles. The number of thiazole rings is 1. The van der Waals surface area contributed by atoms with Gasteiger partial charge in [0.25, 0.3) is 5.91 Å². The highest BCUT2D eigenvalue weighted by atomic mass is 35.5. The van der Waals surface area contributed by atoms with Gasteiger partial charge in [0.1, 0.15) is 5.75 Å². The molecule has 1 amide bonds.